The number of benzene rings is 1. The van der Waals surface area contributed by atoms with E-state index in [4.69, 9.17) is 19.9 Å². The number of nitrogen functional groups attached to an aromatic ring is 1. The predicted octanol–water partition coefficient (Wildman–Crippen LogP) is 1.71. The molecule has 2 aromatic rings. The fourth-order valence-corrected chi connectivity index (χ4v) is 2.68. The molecule has 8 heteroatoms. The monoisotopic (exact) mass is 371 g/mol. The molecule has 0 saturated heterocycles. The number of pyridine rings is 1. The van der Waals surface area contributed by atoms with Crippen LogP contribution in [-0.4, -0.2) is 43.2 Å². The number of nitrogens with zero attached hydrogens (tertiary/aromatic N) is 2. The molecule has 0 bridgehead atoms. The molecule has 1 aromatic carbocycles. The van der Waals surface area contributed by atoms with Crippen molar-refractivity contribution in [2.24, 2.45) is 0 Å². The second kappa shape index (κ2) is 8.50. The van der Waals surface area contributed by atoms with Crippen LogP contribution < -0.4 is 15.4 Å². The van der Waals surface area contributed by atoms with Gasteiger partial charge in [0, 0.05) is 12.2 Å². The Kier molecular flexibility index (Phi) is 5.87. The molecule has 3 rings (SSSR count). The number of carbonyl (C=O) groups excluding carboxylic acids is 2. The molecule has 1 aliphatic heterocycles. The number of esters is 1. The van der Waals surface area contributed by atoms with E-state index < -0.39 is 18.0 Å². The molecule has 2 heterocycles. The van der Waals surface area contributed by atoms with Gasteiger partial charge in [0.15, 0.2) is 11.6 Å². The Balaban J connectivity index is 1.82. The van der Waals surface area contributed by atoms with Gasteiger partial charge in [0.05, 0.1) is 6.61 Å². The van der Waals surface area contributed by atoms with Gasteiger partial charge in [-0.1, -0.05) is 30.3 Å². The highest BCUT2D eigenvalue weighted by Gasteiger charge is 2.37. The minimum Gasteiger partial charge on any atom is -0.472 e. The quantitative estimate of drug-likeness (QED) is 0.583. The van der Waals surface area contributed by atoms with Crippen molar-refractivity contribution in [3.8, 4) is 5.75 Å². The number of fused-ring (bicyclic) bond motifs is 1. The van der Waals surface area contributed by atoms with E-state index in [1.165, 1.54) is 4.90 Å². The van der Waals surface area contributed by atoms with Crippen molar-refractivity contribution in [2.45, 2.75) is 13.0 Å². The lowest BCUT2D eigenvalue weighted by atomic mass is 10.1. The van der Waals surface area contributed by atoms with Crippen molar-refractivity contribution in [3.63, 3.8) is 0 Å². The molecule has 27 heavy (non-hydrogen) atoms. The van der Waals surface area contributed by atoms with Gasteiger partial charge in [0.1, 0.15) is 19.0 Å². The Morgan fingerprint density at radius 1 is 1.22 bits per heavy atom. The SMILES string of the molecule is CCOCCOC(=O)CN1C(=O)C(c2ccccc2)Oc2ccc(N)nc21. The molecule has 8 nitrogen and oxygen atoms in total. The number of nitrogens with two attached hydrogens (primary N) is 1. The Hall–Kier alpha value is -3.13. The van der Waals surface area contributed by atoms with Gasteiger partial charge in [-0.25, -0.2) is 4.98 Å². The molecule has 0 spiro atoms. The Labute approximate surface area is 156 Å². The molecule has 1 aromatic heterocycles. The smallest absolute Gasteiger partial charge is 0.326 e. The number of amides is 1. The maximum atomic E-state index is 13.0. The first-order chi connectivity index (χ1) is 13.1. The lowest BCUT2D eigenvalue weighted by Gasteiger charge is -2.33. The van der Waals surface area contributed by atoms with Crippen molar-refractivity contribution in [1.29, 1.82) is 0 Å². The highest BCUT2D eigenvalue weighted by molar-refractivity contribution is 6.02. The van der Waals surface area contributed by atoms with Crippen molar-refractivity contribution in [3.05, 3.63) is 48.0 Å². The molecule has 142 valence electrons. The van der Waals surface area contributed by atoms with Crippen molar-refractivity contribution in [2.75, 3.05) is 37.0 Å². The minimum atomic E-state index is -0.875. The first kappa shape index (κ1) is 18.7. The number of aromatic nitrogens is 1. The second-order valence-electron chi connectivity index (χ2n) is 5.81. The van der Waals surface area contributed by atoms with Crippen LogP contribution >= 0.6 is 0 Å². The van der Waals surface area contributed by atoms with E-state index in [9.17, 15) is 9.59 Å². The summed E-state index contributed by atoms with van der Waals surface area (Å²) in [6.07, 6.45) is -0.875. The third kappa shape index (κ3) is 4.35. The average Bonchev–Trinajstić information content (AvgIpc) is 2.68. The highest BCUT2D eigenvalue weighted by atomic mass is 16.6. The van der Waals surface area contributed by atoms with Crippen LogP contribution in [0.3, 0.4) is 0 Å². The third-order valence-electron chi connectivity index (χ3n) is 3.94. The van der Waals surface area contributed by atoms with Crippen LogP contribution in [0.1, 0.15) is 18.6 Å². The van der Waals surface area contributed by atoms with E-state index in [1.807, 2.05) is 25.1 Å². The average molecular weight is 371 g/mol. The maximum Gasteiger partial charge on any atom is 0.326 e. The molecule has 2 N–H and O–H groups in total. The van der Waals surface area contributed by atoms with Crippen molar-refractivity contribution < 1.29 is 23.8 Å². The van der Waals surface area contributed by atoms with E-state index in [-0.39, 0.29) is 24.8 Å². The van der Waals surface area contributed by atoms with E-state index in [0.717, 1.165) is 0 Å². The first-order valence-corrected chi connectivity index (χ1v) is 8.63. The van der Waals surface area contributed by atoms with E-state index in [1.54, 1.807) is 24.3 Å². The van der Waals surface area contributed by atoms with E-state index in [2.05, 4.69) is 4.98 Å². The summed E-state index contributed by atoms with van der Waals surface area (Å²) in [5.41, 5.74) is 6.42. The van der Waals surface area contributed by atoms with Gasteiger partial charge in [-0.2, -0.15) is 0 Å². The highest BCUT2D eigenvalue weighted by Crippen LogP contribution is 2.37. The van der Waals surface area contributed by atoms with Gasteiger partial charge < -0.3 is 19.9 Å². The summed E-state index contributed by atoms with van der Waals surface area (Å²) in [5, 5.41) is 0. The van der Waals surface area contributed by atoms with Gasteiger partial charge >= 0.3 is 5.97 Å². The number of carbonyl (C=O) groups is 2. The molecule has 0 radical (unpaired) electrons. The zero-order chi connectivity index (χ0) is 19.2. The number of anilines is 2. The lowest BCUT2D eigenvalue weighted by molar-refractivity contribution is -0.145. The molecule has 1 unspecified atom stereocenters. The zero-order valence-electron chi connectivity index (χ0n) is 15.0. The Bertz CT molecular complexity index is 812. The van der Waals surface area contributed by atoms with Gasteiger partial charge in [-0.15, -0.1) is 0 Å². The van der Waals surface area contributed by atoms with Gasteiger partial charge in [-0.05, 0) is 19.1 Å². The second-order valence-corrected chi connectivity index (χ2v) is 5.81. The number of hydrogen-bond acceptors (Lipinski definition) is 7. The van der Waals surface area contributed by atoms with Crippen LogP contribution in [0.5, 0.6) is 5.75 Å². The molecule has 0 fully saturated rings. The fraction of sp³-hybridized carbons (Fsp3) is 0.316. The summed E-state index contributed by atoms with van der Waals surface area (Å²) < 4.78 is 16.1. The molecule has 0 saturated carbocycles. The van der Waals surface area contributed by atoms with E-state index >= 15 is 0 Å². The molecule has 1 amide bonds. The van der Waals surface area contributed by atoms with E-state index in [0.29, 0.717) is 24.5 Å². The van der Waals surface area contributed by atoms with Crippen LogP contribution in [0.15, 0.2) is 42.5 Å². The molecular formula is C19H21N3O5. The molecular weight excluding hydrogens is 350 g/mol. The van der Waals surface area contributed by atoms with Crippen molar-refractivity contribution >= 4 is 23.5 Å². The summed E-state index contributed by atoms with van der Waals surface area (Å²) in [6.45, 7) is 2.51. The maximum absolute atomic E-state index is 13.0. The summed E-state index contributed by atoms with van der Waals surface area (Å²) >= 11 is 0. The summed E-state index contributed by atoms with van der Waals surface area (Å²) in [6, 6.07) is 12.3. The topological polar surface area (TPSA) is 104 Å². The molecule has 0 aliphatic carbocycles. The third-order valence-corrected chi connectivity index (χ3v) is 3.94. The number of ether oxygens (including phenoxy) is 3. The lowest BCUT2D eigenvalue weighted by Crippen LogP contribution is -2.45. The van der Waals surface area contributed by atoms with Crippen molar-refractivity contribution in [1.82, 2.24) is 4.98 Å². The number of hydrogen-bond donors (Lipinski definition) is 1. The fourth-order valence-electron chi connectivity index (χ4n) is 2.68. The minimum absolute atomic E-state index is 0.116. The normalized spacial score (nSPS) is 15.8. The van der Waals surface area contributed by atoms with Gasteiger partial charge in [0.2, 0.25) is 6.10 Å². The number of rotatable bonds is 7. The predicted molar refractivity (Wildman–Crippen MR) is 98.3 cm³/mol. The Morgan fingerprint density at radius 2 is 2.00 bits per heavy atom. The van der Waals surface area contributed by atoms with Crippen LogP contribution in [0.2, 0.25) is 0 Å². The summed E-state index contributed by atoms with van der Waals surface area (Å²) in [7, 11) is 0. The summed E-state index contributed by atoms with van der Waals surface area (Å²) in [4.78, 5) is 30.6. The standard InChI is InChI=1S/C19H21N3O5/c1-2-25-10-11-26-16(23)12-22-18-14(8-9-15(20)21-18)27-17(19(22)24)13-6-4-3-5-7-13/h3-9,17H,2,10-12H2,1H3,(H2,20,21). The zero-order valence-corrected chi connectivity index (χ0v) is 15.0. The summed E-state index contributed by atoms with van der Waals surface area (Å²) in [5.74, 6) is -0.174. The first-order valence-electron chi connectivity index (χ1n) is 8.63. The van der Waals surface area contributed by atoms with Crippen LogP contribution in [0.4, 0.5) is 11.6 Å². The Morgan fingerprint density at radius 3 is 2.74 bits per heavy atom. The van der Waals surface area contributed by atoms with Gasteiger partial charge in [0.25, 0.3) is 5.91 Å². The largest absolute Gasteiger partial charge is 0.472 e. The van der Waals surface area contributed by atoms with Crippen LogP contribution in [0, 0.1) is 0 Å². The molecule has 1 aliphatic rings. The van der Waals surface area contributed by atoms with Crippen LogP contribution in [-0.2, 0) is 19.1 Å². The molecule has 1 atom stereocenters. The van der Waals surface area contributed by atoms with Gasteiger partial charge in [-0.3, -0.25) is 14.5 Å². The van der Waals surface area contributed by atoms with Crippen LogP contribution in [0.25, 0.3) is 0 Å².